The van der Waals surface area contributed by atoms with E-state index < -0.39 is 0 Å². The largest absolute Gasteiger partial charge is 0.477 e. The number of pyridine rings is 1. The molecule has 17 heavy (non-hydrogen) atoms. The van der Waals surface area contributed by atoms with Crippen LogP contribution in [-0.4, -0.2) is 28.4 Å². The van der Waals surface area contributed by atoms with Crippen molar-refractivity contribution in [1.29, 1.82) is 0 Å². The van der Waals surface area contributed by atoms with Crippen LogP contribution in [0.4, 0.5) is 0 Å². The maximum atomic E-state index is 9.14. The highest BCUT2D eigenvalue weighted by atomic mass is 16.5. The molecule has 4 heteroatoms. The van der Waals surface area contributed by atoms with Crippen LogP contribution in [0.1, 0.15) is 12.1 Å². The first-order valence-electron chi connectivity index (χ1n) is 5.58. The first-order valence-corrected chi connectivity index (χ1v) is 5.58. The predicted molar refractivity (Wildman–Crippen MR) is 64.9 cm³/mol. The molecule has 0 atom stereocenters. The third-order valence-electron chi connectivity index (χ3n) is 2.46. The SMILES string of the molecule is OCCCOc1nc(CO)cc2ccccc12. The Bertz CT molecular complexity index is 499. The van der Waals surface area contributed by atoms with Crippen molar-refractivity contribution in [2.75, 3.05) is 13.2 Å². The molecule has 0 saturated carbocycles. The highest BCUT2D eigenvalue weighted by molar-refractivity contribution is 5.87. The number of aliphatic hydroxyl groups excluding tert-OH is 2. The summed E-state index contributed by atoms with van der Waals surface area (Å²) in [4.78, 5) is 4.24. The average molecular weight is 233 g/mol. The smallest absolute Gasteiger partial charge is 0.221 e. The van der Waals surface area contributed by atoms with Gasteiger partial charge >= 0.3 is 0 Å². The summed E-state index contributed by atoms with van der Waals surface area (Å²) in [6.45, 7) is 0.404. The molecule has 1 aromatic carbocycles. The van der Waals surface area contributed by atoms with E-state index in [0.29, 0.717) is 24.6 Å². The fourth-order valence-electron chi connectivity index (χ4n) is 1.64. The second-order valence-corrected chi connectivity index (χ2v) is 3.72. The number of aliphatic hydroxyl groups is 2. The van der Waals surface area contributed by atoms with E-state index >= 15 is 0 Å². The standard InChI is InChI=1S/C13H15NO3/c15-6-3-7-17-13-12-5-2-1-4-10(12)8-11(9-16)14-13/h1-2,4-5,8,15-16H,3,6-7,9H2. The van der Waals surface area contributed by atoms with Gasteiger partial charge in [0.1, 0.15) is 0 Å². The van der Waals surface area contributed by atoms with E-state index in [-0.39, 0.29) is 13.2 Å². The summed E-state index contributed by atoms with van der Waals surface area (Å²) < 4.78 is 5.52. The molecule has 0 bridgehead atoms. The van der Waals surface area contributed by atoms with Crippen molar-refractivity contribution < 1.29 is 14.9 Å². The molecule has 2 aromatic rings. The first-order chi connectivity index (χ1) is 8.35. The number of fused-ring (bicyclic) bond motifs is 1. The fraction of sp³-hybridized carbons (Fsp3) is 0.308. The van der Waals surface area contributed by atoms with Gasteiger partial charge < -0.3 is 14.9 Å². The lowest BCUT2D eigenvalue weighted by Gasteiger charge is -2.09. The van der Waals surface area contributed by atoms with Crippen LogP contribution < -0.4 is 4.74 Å². The van der Waals surface area contributed by atoms with Gasteiger partial charge in [-0.2, -0.15) is 0 Å². The Morgan fingerprint density at radius 1 is 1.18 bits per heavy atom. The third-order valence-corrected chi connectivity index (χ3v) is 2.46. The summed E-state index contributed by atoms with van der Waals surface area (Å²) in [5.41, 5.74) is 0.586. The molecule has 0 radical (unpaired) electrons. The lowest BCUT2D eigenvalue weighted by atomic mass is 10.1. The van der Waals surface area contributed by atoms with Gasteiger partial charge in [0.2, 0.25) is 5.88 Å². The molecule has 0 spiro atoms. The zero-order valence-electron chi connectivity index (χ0n) is 9.47. The molecule has 4 nitrogen and oxygen atoms in total. The normalized spacial score (nSPS) is 10.7. The van der Waals surface area contributed by atoms with Gasteiger partial charge in [0.25, 0.3) is 0 Å². The van der Waals surface area contributed by atoms with Crippen molar-refractivity contribution in [2.24, 2.45) is 0 Å². The van der Waals surface area contributed by atoms with Gasteiger partial charge in [0, 0.05) is 18.4 Å². The number of rotatable bonds is 5. The number of nitrogens with zero attached hydrogens (tertiary/aromatic N) is 1. The van der Waals surface area contributed by atoms with Gasteiger partial charge in [-0.1, -0.05) is 18.2 Å². The van der Waals surface area contributed by atoms with Crippen LogP contribution in [0.5, 0.6) is 5.88 Å². The van der Waals surface area contributed by atoms with Crippen LogP contribution in [0.2, 0.25) is 0 Å². The van der Waals surface area contributed by atoms with Gasteiger partial charge in [-0.25, -0.2) is 4.98 Å². The Kier molecular flexibility index (Phi) is 3.90. The molecular weight excluding hydrogens is 218 g/mol. The van der Waals surface area contributed by atoms with Crippen molar-refractivity contribution in [3.8, 4) is 5.88 Å². The molecule has 90 valence electrons. The summed E-state index contributed by atoms with van der Waals surface area (Å²) in [5, 5.41) is 19.8. The molecule has 0 unspecified atom stereocenters. The highest BCUT2D eigenvalue weighted by Crippen LogP contribution is 2.24. The van der Waals surface area contributed by atoms with Crippen molar-refractivity contribution >= 4 is 10.8 Å². The van der Waals surface area contributed by atoms with Gasteiger partial charge in [0.15, 0.2) is 0 Å². The minimum Gasteiger partial charge on any atom is -0.477 e. The number of benzene rings is 1. The second kappa shape index (κ2) is 5.61. The monoisotopic (exact) mass is 233 g/mol. The Morgan fingerprint density at radius 2 is 2.00 bits per heavy atom. The maximum absolute atomic E-state index is 9.14. The van der Waals surface area contributed by atoms with Gasteiger partial charge in [-0.05, 0) is 17.5 Å². The van der Waals surface area contributed by atoms with E-state index in [1.165, 1.54) is 0 Å². The third kappa shape index (κ3) is 2.72. The van der Waals surface area contributed by atoms with Crippen LogP contribution in [0, 0.1) is 0 Å². The fourth-order valence-corrected chi connectivity index (χ4v) is 1.64. The van der Waals surface area contributed by atoms with Crippen LogP contribution in [0.15, 0.2) is 30.3 Å². The quantitative estimate of drug-likeness (QED) is 0.768. The molecule has 1 aromatic heterocycles. The highest BCUT2D eigenvalue weighted by Gasteiger charge is 2.06. The topological polar surface area (TPSA) is 62.6 Å². The van der Waals surface area contributed by atoms with Crippen LogP contribution in [-0.2, 0) is 6.61 Å². The van der Waals surface area contributed by atoms with E-state index in [1.54, 1.807) is 0 Å². The van der Waals surface area contributed by atoms with E-state index in [2.05, 4.69) is 4.98 Å². The van der Waals surface area contributed by atoms with E-state index in [4.69, 9.17) is 14.9 Å². The summed E-state index contributed by atoms with van der Waals surface area (Å²) in [6.07, 6.45) is 0.569. The van der Waals surface area contributed by atoms with Crippen molar-refractivity contribution in [3.05, 3.63) is 36.0 Å². The molecule has 0 aliphatic carbocycles. The first kappa shape index (κ1) is 11.8. The van der Waals surface area contributed by atoms with Crippen LogP contribution >= 0.6 is 0 Å². The number of hydrogen-bond donors (Lipinski definition) is 2. The van der Waals surface area contributed by atoms with E-state index in [0.717, 1.165) is 10.8 Å². The molecule has 0 saturated heterocycles. The molecule has 1 heterocycles. The molecule has 2 N–H and O–H groups in total. The second-order valence-electron chi connectivity index (χ2n) is 3.72. The Morgan fingerprint density at radius 3 is 2.76 bits per heavy atom. The van der Waals surface area contributed by atoms with Crippen molar-refractivity contribution in [1.82, 2.24) is 4.98 Å². The molecular formula is C13H15NO3. The van der Waals surface area contributed by atoms with Crippen molar-refractivity contribution in [2.45, 2.75) is 13.0 Å². The van der Waals surface area contributed by atoms with Gasteiger partial charge in [0.05, 0.1) is 18.9 Å². The van der Waals surface area contributed by atoms with Crippen LogP contribution in [0.3, 0.4) is 0 Å². The Labute approximate surface area is 99.5 Å². The molecule has 0 fully saturated rings. The van der Waals surface area contributed by atoms with Gasteiger partial charge in [-0.3, -0.25) is 0 Å². The van der Waals surface area contributed by atoms with E-state index in [9.17, 15) is 0 Å². The van der Waals surface area contributed by atoms with Gasteiger partial charge in [-0.15, -0.1) is 0 Å². The molecule has 0 aliphatic heterocycles. The maximum Gasteiger partial charge on any atom is 0.221 e. The minimum atomic E-state index is -0.110. The van der Waals surface area contributed by atoms with Crippen molar-refractivity contribution in [3.63, 3.8) is 0 Å². The average Bonchev–Trinajstić information content (AvgIpc) is 2.38. The van der Waals surface area contributed by atoms with Crippen LogP contribution in [0.25, 0.3) is 10.8 Å². The molecule has 0 aliphatic rings. The minimum absolute atomic E-state index is 0.0949. The van der Waals surface area contributed by atoms with E-state index in [1.807, 2.05) is 30.3 Å². The molecule has 2 rings (SSSR count). The number of ether oxygens (including phenoxy) is 1. The number of aromatic nitrogens is 1. The Hall–Kier alpha value is -1.65. The Balaban J connectivity index is 2.36. The lowest BCUT2D eigenvalue weighted by molar-refractivity contribution is 0.228. The zero-order valence-corrected chi connectivity index (χ0v) is 9.47. The lowest BCUT2D eigenvalue weighted by Crippen LogP contribution is -2.03. The zero-order chi connectivity index (χ0) is 12.1. The predicted octanol–water partition coefficient (Wildman–Crippen LogP) is 1.49. The summed E-state index contributed by atoms with van der Waals surface area (Å²) in [6, 6.07) is 9.57. The summed E-state index contributed by atoms with van der Waals surface area (Å²) in [5.74, 6) is 0.514. The summed E-state index contributed by atoms with van der Waals surface area (Å²) >= 11 is 0. The summed E-state index contributed by atoms with van der Waals surface area (Å²) in [7, 11) is 0. The molecule has 0 amide bonds. The number of hydrogen-bond acceptors (Lipinski definition) is 4.